The standard InChI is InChI=1S/C10H19NO/c1-3-9(2)11-7-10-5-4-6-12-8-10/h3,9-11H,1,4-8H2,2H3. The van der Waals surface area contributed by atoms with E-state index in [1.807, 2.05) is 6.08 Å². The van der Waals surface area contributed by atoms with Gasteiger partial charge in [0.15, 0.2) is 0 Å². The van der Waals surface area contributed by atoms with Gasteiger partial charge in [-0.3, -0.25) is 0 Å². The summed E-state index contributed by atoms with van der Waals surface area (Å²) >= 11 is 0. The average Bonchev–Trinajstić information content (AvgIpc) is 2.16. The van der Waals surface area contributed by atoms with Gasteiger partial charge < -0.3 is 10.1 Å². The fraction of sp³-hybridized carbons (Fsp3) is 0.800. The highest BCUT2D eigenvalue weighted by molar-refractivity contribution is 4.82. The maximum atomic E-state index is 5.38. The van der Waals surface area contributed by atoms with Crippen LogP contribution in [0.1, 0.15) is 19.8 Å². The molecule has 0 aromatic carbocycles. The monoisotopic (exact) mass is 169 g/mol. The number of ether oxygens (including phenoxy) is 1. The van der Waals surface area contributed by atoms with Crippen molar-refractivity contribution >= 4 is 0 Å². The van der Waals surface area contributed by atoms with Crippen LogP contribution in [0.25, 0.3) is 0 Å². The van der Waals surface area contributed by atoms with Crippen molar-refractivity contribution in [2.24, 2.45) is 5.92 Å². The van der Waals surface area contributed by atoms with Gasteiger partial charge in [-0.2, -0.15) is 0 Å². The minimum absolute atomic E-state index is 0.423. The molecule has 70 valence electrons. The Balaban J connectivity index is 2.08. The third-order valence-electron chi connectivity index (χ3n) is 2.34. The first kappa shape index (κ1) is 9.75. The van der Waals surface area contributed by atoms with E-state index in [1.54, 1.807) is 0 Å². The summed E-state index contributed by atoms with van der Waals surface area (Å²) in [7, 11) is 0. The minimum atomic E-state index is 0.423. The zero-order valence-electron chi connectivity index (χ0n) is 7.88. The maximum Gasteiger partial charge on any atom is 0.0506 e. The van der Waals surface area contributed by atoms with Gasteiger partial charge in [-0.25, -0.2) is 0 Å². The molecule has 2 atom stereocenters. The Morgan fingerprint density at radius 1 is 1.75 bits per heavy atom. The normalized spacial score (nSPS) is 26.6. The Bertz CT molecular complexity index is 130. The quantitative estimate of drug-likeness (QED) is 0.645. The van der Waals surface area contributed by atoms with Crippen LogP contribution in [0, 0.1) is 5.92 Å². The molecule has 0 spiro atoms. The zero-order valence-corrected chi connectivity index (χ0v) is 7.88. The summed E-state index contributed by atoms with van der Waals surface area (Å²) in [5, 5.41) is 3.40. The van der Waals surface area contributed by atoms with Crippen LogP contribution in [0.3, 0.4) is 0 Å². The summed E-state index contributed by atoms with van der Waals surface area (Å²) in [6.45, 7) is 8.79. The topological polar surface area (TPSA) is 21.3 Å². The van der Waals surface area contributed by atoms with E-state index in [1.165, 1.54) is 12.8 Å². The van der Waals surface area contributed by atoms with E-state index in [9.17, 15) is 0 Å². The second-order valence-electron chi connectivity index (χ2n) is 3.52. The molecule has 1 N–H and O–H groups in total. The molecule has 1 aliphatic rings. The van der Waals surface area contributed by atoms with Crippen LogP contribution in [0.4, 0.5) is 0 Å². The highest BCUT2D eigenvalue weighted by Crippen LogP contribution is 2.12. The predicted molar refractivity (Wildman–Crippen MR) is 51.2 cm³/mol. The molecular formula is C10H19NO. The van der Waals surface area contributed by atoms with Gasteiger partial charge in [0.1, 0.15) is 0 Å². The molecule has 0 amide bonds. The summed E-state index contributed by atoms with van der Waals surface area (Å²) in [6, 6.07) is 0.423. The molecule has 0 aliphatic carbocycles. The largest absolute Gasteiger partial charge is 0.381 e. The highest BCUT2D eigenvalue weighted by Gasteiger charge is 2.13. The third-order valence-corrected chi connectivity index (χ3v) is 2.34. The summed E-state index contributed by atoms with van der Waals surface area (Å²) in [5.74, 6) is 0.709. The predicted octanol–water partition coefficient (Wildman–Crippen LogP) is 1.58. The van der Waals surface area contributed by atoms with Crippen molar-refractivity contribution in [2.75, 3.05) is 19.8 Å². The lowest BCUT2D eigenvalue weighted by Crippen LogP contribution is -2.33. The van der Waals surface area contributed by atoms with Gasteiger partial charge in [0, 0.05) is 19.2 Å². The molecule has 0 bridgehead atoms. The van der Waals surface area contributed by atoms with Crippen molar-refractivity contribution in [1.29, 1.82) is 0 Å². The number of nitrogens with one attached hydrogen (secondary N) is 1. The molecule has 1 heterocycles. The molecule has 0 saturated carbocycles. The van der Waals surface area contributed by atoms with Gasteiger partial charge in [-0.05, 0) is 25.7 Å². The lowest BCUT2D eigenvalue weighted by Gasteiger charge is -2.23. The summed E-state index contributed by atoms with van der Waals surface area (Å²) in [4.78, 5) is 0. The molecule has 2 heteroatoms. The fourth-order valence-electron chi connectivity index (χ4n) is 1.40. The van der Waals surface area contributed by atoms with Crippen LogP contribution in [0.2, 0.25) is 0 Å². The van der Waals surface area contributed by atoms with Gasteiger partial charge >= 0.3 is 0 Å². The van der Waals surface area contributed by atoms with Crippen LogP contribution in [0.5, 0.6) is 0 Å². The van der Waals surface area contributed by atoms with Gasteiger partial charge in [-0.15, -0.1) is 6.58 Å². The molecule has 12 heavy (non-hydrogen) atoms. The molecule has 1 fully saturated rings. The SMILES string of the molecule is C=CC(C)NCC1CCCOC1. The Hall–Kier alpha value is -0.340. The van der Waals surface area contributed by atoms with Gasteiger partial charge in [0.2, 0.25) is 0 Å². The zero-order chi connectivity index (χ0) is 8.81. The van der Waals surface area contributed by atoms with Gasteiger partial charge in [0.25, 0.3) is 0 Å². The van der Waals surface area contributed by atoms with E-state index in [0.29, 0.717) is 12.0 Å². The van der Waals surface area contributed by atoms with Crippen molar-refractivity contribution in [1.82, 2.24) is 5.32 Å². The highest BCUT2D eigenvalue weighted by atomic mass is 16.5. The molecule has 1 aliphatic heterocycles. The Kier molecular flexibility index (Phi) is 4.33. The summed E-state index contributed by atoms with van der Waals surface area (Å²) in [5.41, 5.74) is 0. The second-order valence-corrected chi connectivity index (χ2v) is 3.52. The maximum absolute atomic E-state index is 5.38. The minimum Gasteiger partial charge on any atom is -0.381 e. The van der Waals surface area contributed by atoms with E-state index in [0.717, 1.165) is 19.8 Å². The molecule has 0 radical (unpaired) electrons. The van der Waals surface area contributed by atoms with E-state index in [-0.39, 0.29) is 0 Å². The van der Waals surface area contributed by atoms with Crippen molar-refractivity contribution in [3.63, 3.8) is 0 Å². The van der Waals surface area contributed by atoms with E-state index in [4.69, 9.17) is 4.74 Å². The van der Waals surface area contributed by atoms with Crippen molar-refractivity contribution < 1.29 is 4.74 Å². The van der Waals surface area contributed by atoms with Crippen molar-refractivity contribution in [3.8, 4) is 0 Å². The first-order valence-corrected chi connectivity index (χ1v) is 4.76. The molecule has 2 nitrogen and oxygen atoms in total. The Morgan fingerprint density at radius 2 is 2.58 bits per heavy atom. The molecular weight excluding hydrogens is 150 g/mol. The molecule has 0 aromatic heterocycles. The van der Waals surface area contributed by atoms with Crippen LogP contribution in [-0.4, -0.2) is 25.8 Å². The first-order chi connectivity index (χ1) is 5.83. The van der Waals surface area contributed by atoms with Gasteiger partial charge in [0.05, 0.1) is 6.61 Å². The first-order valence-electron chi connectivity index (χ1n) is 4.76. The Labute approximate surface area is 75.0 Å². The smallest absolute Gasteiger partial charge is 0.0506 e. The average molecular weight is 169 g/mol. The van der Waals surface area contributed by atoms with Crippen LogP contribution in [0.15, 0.2) is 12.7 Å². The van der Waals surface area contributed by atoms with E-state index in [2.05, 4.69) is 18.8 Å². The van der Waals surface area contributed by atoms with Crippen molar-refractivity contribution in [3.05, 3.63) is 12.7 Å². The van der Waals surface area contributed by atoms with E-state index < -0.39 is 0 Å². The van der Waals surface area contributed by atoms with Crippen LogP contribution >= 0.6 is 0 Å². The summed E-state index contributed by atoms with van der Waals surface area (Å²) in [6.07, 6.45) is 4.45. The molecule has 1 rings (SSSR count). The number of hydrogen-bond acceptors (Lipinski definition) is 2. The van der Waals surface area contributed by atoms with Gasteiger partial charge in [-0.1, -0.05) is 6.08 Å². The fourth-order valence-corrected chi connectivity index (χ4v) is 1.40. The lowest BCUT2D eigenvalue weighted by molar-refractivity contribution is 0.0545. The Morgan fingerprint density at radius 3 is 3.17 bits per heavy atom. The van der Waals surface area contributed by atoms with Crippen LogP contribution < -0.4 is 5.32 Å². The summed E-state index contributed by atoms with van der Waals surface area (Å²) < 4.78 is 5.38. The third kappa shape index (κ3) is 3.37. The number of rotatable bonds is 4. The van der Waals surface area contributed by atoms with E-state index >= 15 is 0 Å². The molecule has 2 unspecified atom stereocenters. The van der Waals surface area contributed by atoms with Crippen molar-refractivity contribution in [2.45, 2.75) is 25.8 Å². The molecule has 0 aromatic rings. The second kappa shape index (κ2) is 5.33. The lowest BCUT2D eigenvalue weighted by atomic mass is 10.0. The van der Waals surface area contributed by atoms with Crippen LogP contribution in [-0.2, 0) is 4.74 Å². The molecule has 1 saturated heterocycles. The number of hydrogen-bond donors (Lipinski definition) is 1.